The fourth-order valence-corrected chi connectivity index (χ4v) is 2.57. The number of aliphatic hydroxyl groups is 1. The summed E-state index contributed by atoms with van der Waals surface area (Å²) in [6, 6.07) is 0.729. The van der Waals surface area contributed by atoms with Gasteiger partial charge in [0.15, 0.2) is 0 Å². The second-order valence-corrected chi connectivity index (χ2v) is 5.98. The van der Waals surface area contributed by atoms with Gasteiger partial charge in [-0.15, -0.1) is 0 Å². The summed E-state index contributed by atoms with van der Waals surface area (Å²) >= 11 is 0. The maximum atomic E-state index is 10.4. The van der Waals surface area contributed by atoms with Gasteiger partial charge >= 0.3 is 0 Å². The number of ether oxygens (including phenoxy) is 1. The van der Waals surface area contributed by atoms with Crippen molar-refractivity contribution in [1.82, 2.24) is 19.7 Å². The first-order valence-corrected chi connectivity index (χ1v) is 7.41. The molecule has 1 saturated heterocycles. The summed E-state index contributed by atoms with van der Waals surface area (Å²) in [5.41, 5.74) is 0. The van der Waals surface area contributed by atoms with E-state index in [0.717, 1.165) is 18.9 Å². The van der Waals surface area contributed by atoms with Gasteiger partial charge in [-0.25, -0.2) is 9.67 Å². The zero-order valence-corrected chi connectivity index (χ0v) is 12.9. The molecule has 114 valence electrons. The van der Waals surface area contributed by atoms with Crippen LogP contribution in [-0.4, -0.2) is 62.7 Å². The van der Waals surface area contributed by atoms with Gasteiger partial charge < -0.3 is 9.84 Å². The normalized spacial score (nSPS) is 22.6. The first-order valence-electron chi connectivity index (χ1n) is 7.41. The van der Waals surface area contributed by atoms with Crippen LogP contribution in [0.15, 0.2) is 6.33 Å². The van der Waals surface area contributed by atoms with Crippen molar-refractivity contribution in [3.05, 3.63) is 12.2 Å². The molecular formula is C14H26N4O2. The average molecular weight is 282 g/mol. The Morgan fingerprint density at radius 3 is 2.75 bits per heavy atom. The van der Waals surface area contributed by atoms with Crippen LogP contribution in [0, 0.1) is 0 Å². The van der Waals surface area contributed by atoms with Gasteiger partial charge in [-0.2, -0.15) is 5.10 Å². The molecule has 1 aromatic rings. The highest BCUT2D eigenvalue weighted by molar-refractivity contribution is 4.92. The van der Waals surface area contributed by atoms with Gasteiger partial charge in [0.1, 0.15) is 12.2 Å². The molecule has 1 aliphatic rings. The number of aromatic nitrogens is 3. The summed E-state index contributed by atoms with van der Waals surface area (Å²) in [4.78, 5) is 6.59. The van der Waals surface area contributed by atoms with Crippen molar-refractivity contribution >= 4 is 0 Å². The molecule has 6 nitrogen and oxygen atoms in total. The van der Waals surface area contributed by atoms with Crippen molar-refractivity contribution in [1.29, 1.82) is 0 Å². The molecule has 0 spiro atoms. The minimum Gasteiger partial charge on any atom is -0.390 e. The number of nitrogens with zero attached hydrogens (tertiary/aromatic N) is 4. The molecule has 20 heavy (non-hydrogen) atoms. The SMILES string of the molecule is CC(C)N1CCOC(C(O)Cc2ncnn2C(C)C)C1. The highest BCUT2D eigenvalue weighted by Gasteiger charge is 2.29. The average Bonchev–Trinajstić information content (AvgIpc) is 2.87. The molecule has 2 rings (SSSR count). The van der Waals surface area contributed by atoms with Gasteiger partial charge in [-0.3, -0.25) is 4.90 Å². The zero-order chi connectivity index (χ0) is 14.7. The van der Waals surface area contributed by atoms with Crippen LogP contribution < -0.4 is 0 Å². The van der Waals surface area contributed by atoms with E-state index in [1.807, 2.05) is 4.68 Å². The van der Waals surface area contributed by atoms with Gasteiger partial charge in [-0.1, -0.05) is 0 Å². The van der Waals surface area contributed by atoms with E-state index < -0.39 is 6.10 Å². The number of hydrogen-bond acceptors (Lipinski definition) is 5. The molecule has 2 heterocycles. The summed E-state index contributed by atoms with van der Waals surface area (Å²) in [7, 11) is 0. The van der Waals surface area contributed by atoms with E-state index in [1.54, 1.807) is 6.33 Å². The quantitative estimate of drug-likeness (QED) is 0.868. The molecule has 0 radical (unpaired) electrons. The Labute approximate surface area is 120 Å². The van der Waals surface area contributed by atoms with Gasteiger partial charge in [0.25, 0.3) is 0 Å². The Morgan fingerprint density at radius 1 is 1.35 bits per heavy atom. The van der Waals surface area contributed by atoms with Crippen molar-refractivity contribution in [3.63, 3.8) is 0 Å². The van der Waals surface area contributed by atoms with Crippen molar-refractivity contribution < 1.29 is 9.84 Å². The topological polar surface area (TPSA) is 63.4 Å². The summed E-state index contributed by atoms with van der Waals surface area (Å²) < 4.78 is 7.57. The standard InChI is InChI=1S/C14H26N4O2/c1-10(2)17-5-6-20-13(8-17)12(19)7-14-15-9-16-18(14)11(3)4/h9-13,19H,5-8H2,1-4H3. The highest BCUT2D eigenvalue weighted by Crippen LogP contribution is 2.15. The number of hydrogen-bond donors (Lipinski definition) is 1. The fraction of sp³-hybridized carbons (Fsp3) is 0.857. The highest BCUT2D eigenvalue weighted by atomic mass is 16.5. The largest absolute Gasteiger partial charge is 0.390 e. The zero-order valence-electron chi connectivity index (χ0n) is 12.9. The van der Waals surface area contributed by atoms with E-state index >= 15 is 0 Å². The molecule has 1 fully saturated rings. The third-order valence-corrected chi connectivity index (χ3v) is 3.81. The molecule has 2 atom stereocenters. The smallest absolute Gasteiger partial charge is 0.138 e. The van der Waals surface area contributed by atoms with E-state index in [4.69, 9.17) is 4.74 Å². The minimum atomic E-state index is -0.543. The Hall–Kier alpha value is -0.980. The van der Waals surface area contributed by atoms with E-state index in [0.29, 0.717) is 19.1 Å². The third kappa shape index (κ3) is 3.56. The van der Waals surface area contributed by atoms with E-state index in [1.165, 1.54) is 0 Å². The van der Waals surface area contributed by atoms with Crippen LogP contribution in [0.1, 0.15) is 39.6 Å². The molecule has 0 bridgehead atoms. The molecule has 2 unspecified atom stereocenters. The maximum Gasteiger partial charge on any atom is 0.138 e. The summed E-state index contributed by atoms with van der Waals surface area (Å²) in [6.07, 6.45) is 1.33. The van der Waals surface area contributed by atoms with E-state index in [9.17, 15) is 5.11 Å². The lowest BCUT2D eigenvalue weighted by Crippen LogP contribution is -2.50. The fourth-order valence-electron chi connectivity index (χ4n) is 2.57. The van der Waals surface area contributed by atoms with Crippen LogP contribution in [0.25, 0.3) is 0 Å². The lowest BCUT2D eigenvalue weighted by atomic mass is 10.1. The third-order valence-electron chi connectivity index (χ3n) is 3.81. The molecule has 0 amide bonds. The Bertz CT molecular complexity index is 419. The first kappa shape index (κ1) is 15.4. The van der Waals surface area contributed by atoms with Gasteiger partial charge in [0, 0.05) is 31.6 Å². The summed E-state index contributed by atoms with van der Waals surface area (Å²) in [5, 5.41) is 14.6. The van der Waals surface area contributed by atoms with Crippen LogP contribution in [0.5, 0.6) is 0 Å². The Kier molecular flexibility index (Phi) is 5.12. The van der Waals surface area contributed by atoms with E-state index in [-0.39, 0.29) is 12.1 Å². The molecule has 1 N–H and O–H groups in total. The monoisotopic (exact) mass is 282 g/mol. The number of morpholine rings is 1. The predicted octanol–water partition coefficient (Wildman–Crippen LogP) is 0.872. The van der Waals surface area contributed by atoms with Crippen LogP contribution in [0.2, 0.25) is 0 Å². The second kappa shape index (κ2) is 6.65. The Balaban J connectivity index is 1.97. The van der Waals surface area contributed by atoms with Crippen LogP contribution in [0.3, 0.4) is 0 Å². The van der Waals surface area contributed by atoms with Crippen molar-refractivity contribution in [2.75, 3.05) is 19.7 Å². The molecule has 6 heteroatoms. The van der Waals surface area contributed by atoms with Crippen molar-refractivity contribution in [2.24, 2.45) is 0 Å². The second-order valence-electron chi connectivity index (χ2n) is 5.98. The maximum absolute atomic E-state index is 10.4. The molecular weight excluding hydrogens is 256 g/mol. The number of rotatable bonds is 5. The van der Waals surface area contributed by atoms with E-state index in [2.05, 4.69) is 42.7 Å². The summed E-state index contributed by atoms with van der Waals surface area (Å²) in [5.74, 6) is 0.817. The Morgan fingerprint density at radius 2 is 2.10 bits per heavy atom. The van der Waals surface area contributed by atoms with Crippen LogP contribution in [-0.2, 0) is 11.2 Å². The lowest BCUT2D eigenvalue weighted by Gasteiger charge is -2.37. The van der Waals surface area contributed by atoms with Crippen LogP contribution >= 0.6 is 0 Å². The van der Waals surface area contributed by atoms with Crippen LogP contribution in [0.4, 0.5) is 0 Å². The first-order chi connectivity index (χ1) is 9.49. The molecule has 1 aromatic heterocycles. The van der Waals surface area contributed by atoms with Gasteiger partial charge in [-0.05, 0) is 27.7 Å². The molecule has 0 aromatic carbocycles. The minimum absolute atomic E-state index is 0.150. The van der Waals surface area contributed by atoms with Crippen molar-refractivity contribution in [3.8, 4) is 0 Å². The predicted molar refractivity (Wildman–Crippen MR) is 76.6 cm³/mol. The molecule has 1 aliphatic heterocycles. The van der Waals surface area contributed by atoms with Gasteiger partial charge in [0.2, 0.25) is 0 Å². The molecule has 0 saturated carbocycles. The van der Waals surface area contributed by atoms with Gasteiger partial charge in [0.05, 0.1) is 18.8 Å². The number of aliphatic hydroxyl groups excluding tert-OH is 1. The summed E-state index contributed by atoms with van der Waals surface area (Å²) in [6.45, 7) is 10.8. The molecule has 0 aliphatic carbocycles. The lowest BCUT2D eigenvalue weighted by molar-refractivity contribution is -0.0947. The van der Waals surface area contributed by atoms with Crippen molar-refractivity contribution in [2.45, 2.75) is 58.4 Å².